The van der Waals surface area contributed by atoms with Gasteiger partial charge in [-0.15, -0.1) is 0 Å². The third-order valence-electron chi connectivity index (χ3n) is 3.86. The Balaban J connectivity index is 1.57. The molecule has 0 aliphatic carbocycles. The zero-order valence-corrected chi connectivity index (χ0v) is 21.7. The van der Waals surface area contributed by atoms with Crippen molar-refractivity contribution in [3.63, 3.8) is 0 Å². The Bertz CT molecular complexity index is 1450. The minimum Gasteiger partial charge on any atom is -0.726 e. The van der Waals surface area contributed by atoms with E-state index >= 15 is 0 Å². The number of thioether (sulfide) groups is 1. The van der Waals surface area contributed by atoms with E-state index < -0.39 is 32.6 Å². The van der Waals surface area contributed by atoms with E-state index in [0.717, 1.165) is 0 Å². The van der Waals surface area contributed by atoms with Crippen molar-refractivity contribution in [2.75, 3.05) is 41.0 Å². The van der Waals surface area contributed by atoms with Gasteiger partial charge in [-0.2, -0.15) is 29.9 Å². The maximum absolute atomic E-state index is 12.3. The first-order valence-corrected chi connectivity index (χ1v) is 14.2. The molecule has 36 heavy (non-hydrogen) atoms. The highest BCUT2D eigenvalue weighted by molar-refractivity contribution is 7.99. The molecule has 0 bridgehead atoms. The second-order valence-corrected chi connectivity index (χ2v) is 11.3. The summed E-state index contributed by atoms with van der Waals surface area (Å²) in [5.74, 6) is 0.0454. The van der Waals surface area contributed by atoms with Crippen molar-refractivity contribution in [3.8, 4) is 0 Å². The molecule has 0 unspecified atom stereocenters. The van der Waals surface area contributed by atoms with Crippen molar-refractivity contribution >= 4 is 78.7 Å². The lowest BCUT2D eigenvalue weighted by Gasteiger charge is -2.10. The Morgan fingerprint density at radius 3 is 2.39 bits per heavy atom. The van der Waals surface area contributed by atoms with Gasteiger partial charge in [-0.25, -0.2) is 16.8 Å². The maximum Gasteiger partial charge on any atom is 0.233 e. The quantitative estimate of drug-likeness (QED) is 0.108. The number of hydrogen-bond acceptors (Lipinski definition) is 16. The summed E-state index contributed by atoms with van der Waals surface area (Å²) in [6.45, 7) is -0.417. The van der Waals surface area contributed by atoms with E-state index in [2.05, 4.69) is 44.7 Å². The molecule has 0 aliphatic heterocycles. The summed E-state index contributed by atoms with van der Waals surface area (Å²) < 4.78 is 66.9. The van der Waals surface area contributed by atoms with E-state index in [4.69, 9.17) is 24.6 Å². The predicted octanol–water partition coefficient (Wildman–Crippen LogP) is 1.14. The first-order chi connectivity index (χ1) is 17.4. The van der Waals surface area contributed by atoms with Gasteiger partial charge >= 0.3 is 0 Å². The number of nitrogen functional groups attached to an aromatic ring is 1. The van der Waals surface area contributed by atoms with E-state index in [-0.39, 0.29) is 33.3 Å². The molecule has 20 heteroatoms. The molecular weight excluding hydrogens is 581 g/mol. The SMILES string of the molecule is [2H]Nc1nc(Cl)nc(SCCNc2nc(Cl)nc(Nc3ccc(S(=O)(=O)CCOS(=O)(=O)[O-])cc3)n2)n1. The van der Waals surface area contributed by atoms with Gasteiger partial charge in [0.2, 0.25) is 38.8 Å². The fraction of sp³-hybridized carbons (Fsp3) is 0.250. The van der Waals surface area contributed by atoms with Gasteiger partial charge in [0.25, 0.3) is 0 Å². The number of anilines is 4. The Kier molecular flexibility index (Phi) is 8.88. The molecule has 0 spiro atoms. The normalized spacial score (nSPS) is 12.1. The van der Waals surface area contributed by atoms with Crippen LogP contribution >= 0.6 is 35.0 Å². The van der Waals surface area contributed by atoms with Crippen LogP contribution in [-0.2, 0) is 24.4 Å². The zero-order valence-electron chi connectivity index (χ0n) is 18.8. The lowest BCUT2D eigenvalue weighted by atomic mass is 10.3. The van der Waals surface area contributed by atoms with Gasteiger partial charge in [0.05, 0.1) is 17.3 Å². The summed E-state index contributed by atoms with van der Waals surface area (Å²) in [6, 6.07) is 5.41. The van der Waals surface area contributed by atoms with Crippen LogP contribution in [0.25, 0.3) is 0 Å². The number of benzene rings is 1. The summed E-state index contributed by atoms with van der Waals surface area (Å²) in [4.78, 5) is 23.7. The average Bonchev–Trinajstić information content (AvgIpc) is 2.80. The number of nitrogens with one attached hydrogen (secondary N) is 2. The number of rotatable bonds is 13. The van der Waals surface area contributed by atoms with Crippen molar-refractivity contribution in [1.29, 1.82) is 0 Å². The molecular formula is C16H16Cl2N9O6S3-. The summed E-state index contributed by atoms with van der Waals surface area (Å²) in [5, 5.41) is 6.00. The molecule has 2 heterocycles. The van der Waals surface area contributed by atoms with E-state index in [1.807, 2.05) is 5.73 Å². The van der Waals surface area contributed by atoms with E-state index in [0.29, 0.717) is 23.1 Å². The topological polar surface area (TPSA) is 228 Å². The van der Waals surface area contributed by atoms with Crippen molar-refractivity contribution in [2.45, 2.75) is 10.1 Å². The van der Waals surface area contributed by atoms with Crippen LogP contribution in [0, 0.1) is 0 Å². The van der Waals surface area contributed by atoms with Gasteiger partial charge in [-0.3, -0.25) is 4.18 Å². The van der Waals surface area contributed by atoms with E-state index in [9.17, 15) is 21.4 Å². The summed E-state index contributed by atoms with van der Waals surface area (Å²) in [7, 11) is -8.87. The Morgan fingerprint density at radius 1 is 1.00 bits per heavy atom. The smallest absolute Gasteiger partial charge is 0.233 e. The molecule has 3 aromatic rings. The Morgan fingerprint density at radius 2 is 1.69 bits per heavy atom. The number of nitrogens with zero attached hydrogens (tertiary/aromatic N) is 6. The van der Waals surface area contributed by atoms with Gasteiger partial charge in [0.15, 0.2) is 16.4 Å². The number of sulfone groups is 1. The second kappa shape index (κ2) is 12.1. The molecule has 2 aromatic heterocycles. The average molecular weight is 598 g/mol. The van der Waals surface area contributed by atoms with Crippen LogP contribution in [0.5, 0.6) is 0 Å². The standard InChI is InChI=1S/C16H17Cl2N9O6S3/c17-11-22-13(19)26-16(25-11)34-7-5-20-14-23-12(18)24-15(27-14)21-9-1-3-10(4-2-9)35(28,29)8-6-33-36(30,31)32/h1-4H,5-8H2,(H,30,31,32)(H2,19,22,25,26)(H2,20,21,23,24,27)/p-1/i/hD. The molecule has 0 atom stereocenters. The monoisotopic (exact) mass is 597 g/mol. The molecule has 0 amide bonds. The van der Waals surface area contributed by atoms with Crippen molar-refractivity contribution in [1.82, 2.24) is 29.9 Å². The van der Waals surface area contributed by atoms with E-state index in [1.54, 1.807) is 0 Å². The van der Waals surface area contributed by atoms with Gasteiger partial charge in [-0.1, -0.05) is 11.8 Å². The van der Waals surface area contributed by atoms with Crippen molar-refractivity contribution < 1.29 is 27.0 Å². The summed E-state index contributed by atoms with van der Waals surface area (Å²) in [6.07, 6.45) is 0. The number of aromatic nitrogens is 6. The molecule has 0 saturated carbocycles. The van der Waals surface area contributed by atoms with Crippen molar-refractivity contribution in [2.24, 2.45) is 0 Å². The Labute approximate surface area is 221 Å². The lowest BCUT2D eigenvalue weighted by Crippen LogP contribution is -2.15. The van der Waals surface area contributed by atoms with Crippen LogP contribution in [0.2, 0.25) is 12.0 Å². The first-order valence-electron chi connectivity index (χ1n) is 10.0. The highest BCUT2D eigenvalue weighted by Gasteiger charge is 2.15. The molecule has 0 radical (unpaired) electrons. The zero-order chi connectivity index (χ0) is 27.1. The first kappa shape index (κ1) is 26.5. The lowest BCUT2D eigenvalue weighted by molar-refractivity contribution is 0.276. The number of halogens is 2. The van der Waals surface area contributed by atoms with Gasteiger partial charge in [-0.05, 0) is 47.5 Å². The highest BCUT2D eigenvalue weighted by Crippen LogP contribution is 2.20. The second-order valence-electron chi connectivity index (χ2n) is 6.44. The fourth-order valence-electron chi connectivity index (χ4n) is 2.43. The highest BCUT2D eigenvalue weighted by atomic mass is 35.5. The van der Waals surface area contributed by atoms with Crippen LogP contribution < -0.4 is 16.4 Å². The molecule has 3 rings (SSSR count). The van der Waals surface area contributed by atoms with Gasteiger partial charge < -0.3 is 20.9 Å². The maximum atomic E-state index is 12.3. The minimum atomic E-state index is -4.98. The number of hydrogen-bond donors (Lipinski definition) is 3. The predicted molar refractivity (Wildman–Crippen MR) is 131 cm³/mol. The third kappa shape index (κ3) is 9.12. The summed E-state index contributed by atoms with van der Waals surface area (Å²) in [5.41, 5.74) is 2.46. The molecule has 0 saturated heterocycles. The fourth-order valence-corrected chi connectivity index (χ4v) is 4.97. The largest absolute Gasteiger partial charge is 0.726 e. The van der Waals surface area contributed by atoms with Crippen LogP contribution in [0.3, 0.4) is 0 Å². The van der Waals surface area contributed by atoms with Crippen LogP contribution in [0.15, 0.2) is 34.3 Å². The molecule has 0 fully saturated rings. The molecule has 1 aromatic carbocycles. The van der Waals surface area contributed by atoms with Crippen LogP contribution in [-0.4, -0.2) is 75.9 Å². The van der Waals surface area contributed by atoms with E-state index in [1.165, 1.54) is 36.0 Å². The minimum absolute atomic E-state index is 0.0183. The number of nitrogens with two attached hydrogens (primary N) is 1. The molecule has 0 aliphatic rings. The molecule has 4 N–H and O–H groups in total. The van der Waals surface area contributed by atoms with Gasteiger partial charge in [0, 0.05) is 18.0 Å². The van der Waals surface area contributed by atoms with Crippen LogP contribution in [0.1, 0.15) is 0 Å². The van der Waals surface area contributed by atoms with Crippen molar-refractivity contribution in [3.05, 3.63) is 34.8 Å². The Hall–Kier alpha value is -2.61. The van der Waals surface area contributed by atoms with Gasteiger partial charge in [0.1, 0.15) is 0 Å². The summed E-state index contributed by atoms with van der Waals surface area (Å²) >= 11 is 13.0. The molecule has 15 nitrogen and oxygen atoms in total. The van der Waals surface area contributed by atoms with Crippen LogP contribution in [0.4, 0.5) is 23.5 Å². The third-order valence-corrected chi connectivity index (χ3v) is 7.20. The molecule has 194 valence electrons.